The minimum atomic E-state index is 0.600. The van der Waals surface area contributed by atoms with Crippen LogP contribution in [0.2, 0.25) is 0 Å². The van der Waals surface area contributed by atoms with Crippen molar-refractivity contribution in [1.29, 1.82) is 0 Å². The average Bonchev–Trinajstić information content (AvgIpc) is 2.99. The molecule has 82 valence electrons. The van der Waals surface area contributed by atoms with Gasteiger partial charge in [0, 0.05) is 17.8 Å². The van der Waals surface area contributed by atoms with Crippen LogP contribution in [-0.2, 0) is 0 Å². The number of hydrogen-bond acceptors (Lipinski definition) is 3. The van der Waals surface area contributed by atoms with E-state index in [-0.39, 0.29) is 0 Å². The van der Waals surface area contributed by atoms with Gasteiger partial charge >= 0.3 is 0 Å². The van der Waals surface area contributed by atoms with E-state index in [9.17, 15) is 0 Å². The van der Waals surface area contributed by atoms with Crippen LogP contribution in [0.4, 0.5) is 0 Å². The van der Waals surface area contributed by atoms with Gasteiger partial charge in [-0.25, -0.2) is 5.84 Å². The fraction of sp³-hybridized carbons (Fsp3) is 0.889. The largest absolute Gasteiger partial charge is 0.353 e. The lowest BCUT2D eigenvalue weighted by Gasteiger charge is -2.09. The molecule has 0 aliphatic heterocycles. The molecule has 1 aliphatic carbocycles. The lowest BCUT2D eigenvalue weighted by atomic mass is 10.3. The molecule has 0 spiro atoms. The zero-order valence-corrected chi connectivity index (χ0v) is 9.73. The Kier molecular flexibility index (Phi) is 5.11. The third kappa shape index (κ3) is 4.72. The molecule has 0 amide bonds. The second kappa shape index (κ2) is 6.14. The third-order valence-electron chi connectivity index (χ3n) is 2.26. The van der Waals surface area contributed by atoms with Crippen LogP contribution in [0.3, 0.4) is 0 Å². The van der Waals surface area contributed by atoms with Gasteiger partial charge in [0.1, 0.15) is 0 Å². The molecule has 1 saturated carbocycles. The number of nitrogens with two attached hydrogens (primary N) is 1. The summed E-state index contributed by atoms with van der Waals surface area (Å²) >= 11 is 1.87. The number of rotatable bonds is 5. The van der Waals surface area contributed by atoms with Crippen molar-refractivity contribution in [3.8, 4) is 0 Å². The van der Waals surface area contributed by atoms with Crippen LogP contribution in [0.15, 0.2) is 4.99 Å². The molecule has 1 fully saturated rings. The van der Waals surface area contributed by atoms with E-state index >= 15 is 0 Å². The molecule has 5 heteroatoms. The van der Waals surface area contributed by atoms with Crippen molar-refractivity contribution in [3.63, 3.8) is 0 Å². The van der Waals surface area contributed by atoms with Crippen molar-refractivity contribution in [3.05, 3.63) is 0 Å². The van der Waals surface area contributed by atoms with E-state index in [4.69, 9.17) is 5.84 Å². The zero-order chi connectivity index (χ0) is 10.4. The number of thioether (sulfide) groups is 1. The monoisotopic (exact) mass is 216 g/mol. The number of nitrogens with zero attached hydrogens (tertiary/aromatic N) is 1. The molecule has 1 unspecified atom stereocenters. The van der Waals surface area contributed by atoms with Gasteiger partial charge in [0.25, 0.3) is 0 Å². The Morgan fingerprint density at radius 1 is 1.64 bits per heavy atom. The molecular formula is C9H20N4S. The number of hydrazine groups is 1. The molecule has 0 radical (unpaired) electrons. The first-order valence-corrected chi connectivity index (χ1v) is 6.35. The van der Waals surface area contributed by atoms with E-state index in [2.05, 4.69) is 28.9 Å². The summed E-state index contributed by atoms with van der Waals surface area (Å²) in [6.45, 7) is 3.05. The highest BCUT2D eigenvalue weighted by atomic mass is 32.2. The van der Waals surface area contributed by atoms with E-state index < -0.39 is 0 Å². The second-order valence-electron chi connectivity index (χ2n) is 3.63. The first-order valence-electron chi connectivity index (χ1n) is 5.06. The summed E-state index contributed by atoms with van der Waals surface area (Å²) in [7, 11) is 0. The van der Waals surface area contributed by atoms with Crippen LogP contribution in [0.5, 0.6) is 0 Å². The molecule has 14 heavy (non-hydrogen) atoms. The Morgan fingerprint density at radius 3 is 2.86 bits per heavy atom. The normalized spacial score (nSPS) is 19.2. The van der Waals surface area contributed by atoms with Crippen molar-refractivity contribution in [2.24, 2.45) is 10.8 Å². The molecule has 4 N–H and O–H groups in total. The Balaban J connectivity index is 2.17. The first kappa shape index (κ1) is 11.7. The predicted molar refractivity (Wildman–Crippen MR) is 63.4 cm³/mol. The minimum absolute atomic E-state index is 0.600. The highest BCUT2D eigenvalue weighted by molar-refractivity contribution is 7.99. The van der Waals surface area contributed by atoms with Gasteiger partial charge < -0.3 is 5.32 Å². The maximum atomic E-state index is 5.35. The van der Waals surface area contributed by atoms with E-state index in [1.165, 1.54) is 12.8 Å². The average molecular weight is 216 g/mol. The summed E-state index contributed by atoms with van der Waals surface area (Å²) in [6.07, 6.45) is 5.70. The van der Waals surface area contributed by atoms with E-state index in [1.807, 2.05) is 11.8 Å². The van der Waals surface area contributed by atoms with Gasteiger partial charge in [-0.3, -0.25) is 10.4 Å². The zero-order valence-electron chi connectivity index (χ0n) is 8.92. The molecule has 4 nitrogen and oxygen atoms in total. The van der Waals surface area contributed by atoms with Crippen LogP contribution in [0.1, 0.15) is 26.2 Å². The van der Waals surface area contributed by atoms with E-state index in [0.717, 1.165) is 18.9 Å². The highest BCUT2D eigenvalue weighted by Gasteiger charge is 2.21. The maximum Gasteiger partial charge on any atom is 0.205 e. The summed E-state index contributed by atoms with van der Waals surface area (Å²) in [4.78, 5) is 4.37. The molecule has 0 bridgehead atoms. The topological polar surface area (TPSA) is 62.4 Å². The molecule has 0 heterocycles. The Morgan fingerprint density at radius 2 is 2.36 bits per heavy atom. The van der Waals surface area contributed by atoms with Gasteiger partial charge in [0.05, 0.1) is 0 Å². The van der Waals surface area contributed by atoms with Gasteiger partial charge in [0.15, 0.2) is 0 Å². The number of aliphatic imine (C=N–C) groups is 1. The minimum Gasteiger partial charge on any atom is -0.353 e. The third-order valence-corrected chi connectivity index (χ3v) is 3.30. The Hall–Kier alpha value is -0.420. The molecular weight excluding hydrogens is 196 g/mol. The standard InChI is InChI=1S/C9H20N4S/c1-7(14-2)5-6-11-9(13-10)12-8-3-4-8/h7-8H,3-6,10H2,1-2H3,(H2,11,12,13). The summed E-state index contributed by atoms with van der Waals surface area (Å²) in [6, 6.07) is 0.600. The molecule has 0 aromatic rings. The fourth-order valence-corrected chi connectivity index (χ4v) is 1.37. The van der Waals surface area contributed by atoms with Crippen LogP contribution in [0.25, 0.3) is 0 Å². The number of guanidine groups is 1. The maximum absolute atomic E-state index is 5.35. The van der Waals surface area contributed by atoms with Crippen LogP contribution < -0.4 is 16.6 Å². The predicted octanol–water partition coefficient (Wildman–Crippen LogP) is 0.699. The molecule has 0 aromatic carbocycles. The van der Waals surface area contributed by atoms with Crippen molar-refractivity contribution in [1.82, 2.24) is 10.7 Å². The lowest BCUT2D eigenvalue weighted by Crippen LogP contribution is -2.42. The summed E-state index contributed by atoms with van der Waals surface area (Å²) < 4.78 is 0. The van der Waals surface area contributed by atoms with Gasteiger partial charge in [-0.2, -0.15) is 11.8 Å². The molecule has 1 rings (SSSR count). The lowest BCUT2D eigenvalue weighted by molar-refractivity contribution is 0.783. The summed E-state index contributed by atoms with van der Waals surface area (Å²) in [5.41, 5.74) is 2.60. The van der Waals surface area contributed by atoms with Gasteiger partial charge in [-0.15, -0.1) is 0 Å². The van der Waals surface area contributed by atoms with Crippen molar-refractivity contribution >= 4 is 17.7 Å². The van der Waals surface area contributed by atoms with Crippen LogP contribution in [-0.4, -0.2) is 30.1 Å². The molecule has 0 aromatic heterocycles. The van der Waals surface area contributed by atoms with E-state index in [0.29, 0.717) is 11.3 Å². The number of hydrogen-bond donors (Lipinski definition) is 3. The molecule has 0 saturated heterocycles. The number of nitrogens with one attached hydrogen (secondary N) is 2. The van der Waals surface area contributed by atoms with Crippen LogP contribution >= 0.6 is 11.8 Å². The van der Waals surface area contributed by atoms with Crippen molar-refractivity contribution in [2.45, 2.75) is 37.5 Å². The highest BCUT2D eigenvalue weighted by Crippen LogP contribution is 2.18. The van der Waals surface area contributed by atoms with Gasteiger partial charge in [0.2, 0.25) is 5.96 Å². The SMILES string of the molecule is CSC(C)CCN=C(NN)NC1CC1. The first-order chi connectivity index (χ1) is 6.76. The quantitative estimate of drug-likeness (QED) is 0.274. The smallest absolute Gasteiger partial charge is 0.205 e. The van der Waals surface area contributed by atoms with Crippen LogP contribution in [0, 0.1) is 0 Å². The van der Waals surface area contributed by atoms with E-state index in [1.54, 1.807) is 0 Å². The molecule has 1 aliphatic rings. The van der Waals surface area contributed by atoms with Crippen molar-refractivity contribution in [2.75, 3.05) is 12.8 Å². The second-order valence-corrected chi connectivity index (χ2v) is 4.90. The Labute approximate surface area is 90.1 Å². The Bertz CT molecular complexity index is 191. The fourth-order valence-electron chi connectivity index (χ4n) is 1.03. The van der Waals surface area contributed by atoms with Crippen molar-refractivity contribution < 1.29 is 0 Å². The molecule has 1 atom stereocenters. The van der Waals surface area contributed by atoms with Gasteiger partial charge in [-0.05, 0) is 25.5 Å². The van der Waals surface area contributed by atoms with Gasteiger partial charge in [-0.1, -0.05) is 6.92 Å². The summed E-state index contributed by atoms with van der Waals surface area (Å²) in [5, 5.41) is 3.90. The summed E-state index contributed by atoms with van der Waals surface area (Å²) in [5.74, 6) is 6.09.